The van der Waals surface area contributed by atoms with Crippen LogP contribution in [-0.4, -0.2) is 18.5 Å². The van der Waals surface area contributed by atoms with Crippen LogP contribution in [-0.2, 0) is 6.18 Å². The molecule has 0 aromatic heterocycles. The van der Waals surface area contributed by atoms with Crippen molar-refractivity contribution in [2.24, 2.45) is 0 Å². The quantitative estimate of drug-likeness (QED) is 0.569. The zero-order chi connectivity index (χ0) is 17.5. The maximum Gasteiger partial charge on any atom is 0.470 e. The van der Waals surface area contributed by atoms with E-state index in [1.165, 1.54) is 0 Å². The summed E-state index contributed by atoms with van der Waals surface area (Å²) in [6.07, 6.45) is -16.0. The first-order valence-electron chi connectivity index (χ1n) is 5.09. The van der Waals surface area contributed by atoms with Gasteiger partial charge in [-0.2, -0.15) is 30.7 Å². The molecule has 0 unspecified atom stereocenters. The number of ether oxygens (including phenoxy) is 1. The molecule has 22 heavy (non-hydrogen) atoms. The van der Waals surface area contributed by atoms with E-state index in [4.69, 9.17) is 5.73 Å². The number of hydrogen-bond acceptors (Lipinski definition) is 2. The molecule has 2 N–H and O–H groups in total. The molecule has 0 aliphatic carbocycles. The van der Waals surface area contributed by atoms with Crippen LogP contribution in [0.4, 0.5) is 45.2 Å². The molecule has 0 aliphatic heterocycles. The van der Waals surface area contributed by atoms with Gasteiger partial charge in [-0.25, -0.2) is 8.78 Å². The number of rotatable bonds is 4. The normalized spacial score (nSPS) is 13.6. The van der Waals surface area contributed by atoms with Gasteiger partial charge in [0, 0.05) is 5.69 Å². The molecule has 0 bridgehead atoms. The highest BCUT2D eigenvalue weighted by Crippen LogP contribution is 2.47. The molecular formula is C10H5BrF9NO. The molecule has 1 aromatic carbocycles. The van der Waals surface area contributed by atoms with Crippen molar-refractivity contribution < 1.29 is 44.3 Å². The van der Waals surface area contributed by atoms with E-state index in [0.717, 1.165) is 0 Å². The van der Waals surface area contributed by atoms with Gasteiger partial charge in [0.05, 0.1) is 4.47 Å². The summed E-state index contributed by atoms with van der Waals surface area (Å²) in [6, 6.07) is 0.790. The van der Waals surface area contributed by atoms with Gasteiger partial charge in [-0.15, -0.1) is 0 Å². The first-order valence-corrected chi connectivity index (χ1v) is 5.88. The van der Waals surface area contributed by atoms with E-state index in [2.05, 4.69) is 20.7 Å². The van der Waals surface area contributed by atoms with E-state index < -0.39 is 46.1 Å². The lowest BCUT2D eigenvalue weighted by atomic mass is 10.1. The van der Waals surface area contributed by atoms with E-state index >= 15 is 0 Å². The minimum atomic E-state index is -6.00. The SMILES string of the molecule is Nc1cc(Br)c(OC(F)(F)C(F)(F)C(F)F)c(C(F)(F)F)c1. The van der Waals surface area contributed by atoms with E-state index in [1.54, 1.807) is 0 Å². The smallest absolute Gasteiger partial charge is 0.426 e. The maximum absolute atomic E-state index is 13.1. The van der Waals surface area contributed by atoms with Gasteiger partial charge in [-0.1, -0.05) is 0 Å². The monoisotopic (exact) mass is 405 g/mol. The van der Waals surface area contributed by atoms with Gasteiger partial charge in [0.1, 0.15) is 5.56 Å². The highest BCUT2D eigenvalue weighted by molar-refractivity contribution is 9.10. The van der Waals surface area contributed by atoms with Crippen LogP contribution in [0.25, 0.3) is 0 Å². The van der Waals surface area contributed by atoms with Crippen molar-refractivity contribution in [3.8, 4) is 5.75 Å². The van der Waals surface area contributed by atoms with Crippen LogP contribution >= 0.6 is 15.9 Å². The molecular weight excluding hydrogens is 401 g/mol. The van der Waals surface area contributed by atoms with Crippen molar-refractivity contribution in [1.29, 1.82) is 0 Å². The summed E-state index contributed by atoms with van der Waals surface area (Å²) >= 11 is 2.38. The van der Waals surface area contributed by atoms with E-state index in [1.807, 2.05) is 0 Å². The zero-order valence-corrected chi connectivity index (χ0v) is 11.6. The number of benzene rings is 1. The van der Waals surface area contributed by atoms with Crippen molar-refractivity contribution in [2.75, 3.05) is 5.73 Å². The van der Waals surface area contributed by atoms with E-state index in [-0.39, 0.29) is 6.07 Å². The van der Waals surface area contributed by atoms with Gasteiger partial charge >= 0.3 is 24.6 Å². The number of alkyl halides is 9. The van der Waals surface area contributed by atoms with Crippen LogP contribution < -0.4 is 10.5 Å². The molecule has 0 saturated heterocycles. The minimum absolute atomic E-state index is 0.136. The predicted molar refractivity (Wildman–Crippen MR) is 60.1 cm³/mol. The molecule has 2 nitrogen and oxygen atoms in total. The third-order valence-electron chi connectivity index (χ3n) is 2.26. The lowest BCUT2D eigenvalue weighted by Gasteiger charge is -2.27. The Bertz CT molecular complexity index is 558. The largest absolute Gasteiger partial charge is 0.470 e. The van der Waals surface area contributed by atoms with Crippen molar-refractivity contribution in [3.63, 3.8) is 0 Å². The van der Waals surface area contributed by atoms with Gasteiger partial charge in [0.25, 0.3) is 0 Å². The molecule has 0 aliphatic rings. The summed E-state index contributed by atoms with van der Waals surface area (Å²) in [5, 5.41) is 0. The summed E-state index contributed by atoms with van der Waals surface area (Å²) in [5.41, 5.74) is 2.61. The Hall–Kier alpha value is -1.33. The Morgan fingerprint density at radius 2 is 1.50 bits per heavy atom. The molecule has 1 aromatic rings. The van der Waals surface area contributed by atoms with Crippen molar-refractivity contribution >= 4 is 21.6 Å². The molecule has 0 radical (unpaired) electrons. The number of anilines is 1. The molecule has 1 rings (SSSR count). The van der Waals surface area contributed by atoms with E-state index in [9.17, 15) is 39.5 Å². The van der Waals surface area contributed by atoms with Crippen molar-refractivity contribution in [3.05, 3.63) is 22.2 Å². The highest BCUT2D eigenvalue weighted by atomic mass is 79.9. The molecule has 126 valence electrons. The maximum atomic E-state index is 13.1. The van der Waals surface area contributed by atoms with Crippen molar-refractivity contribution in [2.45, 2.75) is 24.6 Å². The van der Waals surface area contributed by atoms with Crippen LogP contribution in [0.2, 0.25) is 0 Å². The van der Waals surface area contributed by atoms with Crippen LogP contribution in [0, 0.1) is 0 Å². The Morgan fingerprint density at radius 1 is 1.00 bits per heavy atom. The summed E-state index contributed by atoms with van der Waals surface area (Å²) in [7, 11) is 0. The van der Waals surface area contributed by atoms with Crippen LogP contribution in [0.5, 0.6) is 5.75 Å². The summed E-state index contributed by atoms with van der Waals surface area (Å²) in [4.78, 5) is 0. The van der Waals surface area contributed by atoms with Crippen molar-refractivity contribution in [1.82, 2.24) is 0 Å². The average molecular weight is 406 g/mol. The Labute approximate surface area is 125 Å². The lowest BCUT2D eigenvalue weighted by molar-refractivity contribution is -0.343. The van der Waals surface area contributed by atoms with Gasteiger partial charge in [-0.05, 0) is 28.1 Å². The van der Waals surface area contributed by atoms with Gasteiger partial charge in [0.2, 0.25) is 0 Å². The minimum Gasteiger partial charge on any atom is -0.426 e. The fourth-order valence-corrected chi connectivity index (χ4v) is 1.81. The number of halogens is 10. The number of hydrogen-bond donors (Lipinski definition) is 1. The molecule has 0 fully saturated rings. The van der Waals surface area contributed by atoms with Crippen LogP contribution in [0.15, 0.2) is 16.6 Å². The Morgan fingerprint density at radius 3 is 1.91 bits per heavy atom. The second-order valence-corrected chi connectivity index (χ2v) is 4.77. The van der Waals surface area contributed by atoms with E-state index in [0.29, 0.717) is 6.07 Å². The summed E-state index contributed by atoms with van der Waals surface area (Å²) < 4.78 is 116. The number of nitrogens with two attached hydrogens (primary N) is 1. The predicted octanol–water partition coefficient (Wildman–Crippen LogP) is 4.92. The summed E-state index contributed by atoms with van der Waals surface area (Å²) in [6.45, 7) is 0. The fourth-order valence-electron chi connectivity index (χ4n) is 1.25. The average Bonchev–Trinajstić information content (AvgIpc) is 2.30. The Balaban J connectivity index is 3.40. The van der Waals surface area contributed by atoms with Crippen LogP contribution in [0.3, 0.4) is 0 Å². The second kappa shape index (κ2) is 5.70. The number of nitrogen functional groups attached to an aromatic ring is 1. The summed E-state index contributed by atoms with van der Waals surface area (Å²) in [5.74, 6) is -7.79. The molecule has 0 spiro atoms. The third-order valence-corrected chi connectivity index (χ3v) is 2.85. The van der Waals surface area contributed by atoms with Crippen LogP contribution in [0.1, 0.15) is 5.56 Å². The van der Waals surface area contributed by atoms with Gasteiger partial charge in [-0.3, -0.25) is 0 Å². The molecule has 0 heterocycles. The highest BCUT2D eigenvalue weighted by Gasteiger charge is 2.66. The second-order valence-electron chi connectivity index (χ2n) is 3.92. The van der Waals surface area contributed by atoms with Gasteiger partial charge < -0.3 is 10.5 Å². The third kappa shape index (κ3) is 3.52. The standard InChI is InChI=1S/C10H5BrF9NO/c11-5-2-3(21)1-4(9(16,17)18)6(5)22-10(19,20)8(14,15)7(12)13/h1-2,7H,21H2. The first-order chi connectivity index (χ1) is 9.70. The topological polar surface area (TPSA) is 35.2 Å². The fraction of sp³-hybridized carbons (Fsp3) is 0.400. The van der Waals surface area contributed by atoms with Gasteiger partial charge in [0.15, 0.2) is 5.75 Å². The first kappa shape index (κ1) is 18.7. The molecule has 0 atom stereocenters. The lowest BCUT2D eigenvalue weighted by Crippen LogP contribution is -2.50. The zero-order valence-electron chi connectivity index (χ0n) is 10.00. The Kier molecular flexibility index (Phi) is 4.85. The molecule has 12 heteroatoms. The molecule has 0 saturated carbocycles. The molecule has 0 amide bonds.